The van der Waals surface area contributed by atoms with E-state index < -0.39 is 10.0 Å². The predicted molar refractivity (Wildman–Crippen MR) is 83.8 cm³/mol. The molecule has 0 atom stereocenters. The van der Waals surface area contributed by atoms with Crippen LogP contribution in [-0.4, -0.2) is 14.3 Å². The summed E-state index contributed by atoms with van der Waals surface area (Å²) in [6.45, 7) is 0.0798. The van der Waals surface area contributed by atoms with Gasteiger partial charge in [0.15, 0.2) is 0 Å². The number of hydrogen-bond acceptors (Lipinski definition) is 3. The third kappa shape index (κ3) is 3.57. The van der Waals surface area contributed by atoms with Crippen molar-refractivity contribution in [3.8, 4) is 0 Å². The number of aryl methyl sites for hydroxylation is 1. The number of fused-ring (bicyclic) bond motifs is 1. The molecule has 120 valence electrons. The summed E-state index contributed by atoms with van der Waals surface area (Å²) in [6.07, 6.45) is 0.863. The van der Waals surface area contributed by atoms with Crippen LogP contribution in [-0.2, 0) is 27.8 Å². The van der Waals surface area contributed by atoms with Gasteiger partial charge >= 0.3 is 0 Å². The van der Waals surface area contributed by atoms with Crippen LogP contribution in [0.5, 0.6) is 0 Å². The molecule has 3 rings (SSSR count). The summed E-state index contributed by atoms with van der Waals surface area (Å²) in [4.78, 5) is 11.5. The zero-order valence-electron chi connectivity index (χ0n) is 12.2. The van der Waals surface area contributed by atoms with Crippen LogP contribution < -0.4 is 10.0 Å². The van der Waals surface area contributed by atoms with E-state index in [4.69, 9.17) is 0 Å². The number of anilines is 1. The van der Waals surface area contributed by atoms with Crippen LogP contribution in [0, 0.1) is 5.82 Å². The van der Waals surface area contributed by atoms with Gasteiger partial charge in [-0.2, -0.15) is 0 Å². The molecule has 0 aromatic heterocycles. The molecule has 5 nitrogen and oxygen atoms in total. The normalized spacial score (nSPS) is 14.2. The second-order valence-electron chi connectivity index (χ2n) is 5.32. The molecule has 7 heteroatoms. The lowest BCUT2D eigenvalue weighted by Crippen LogP contribution is -2.24. The average molecular weight is 334 g/mol. The minimum atomic E-state index is -3.67. The van der Waals surface area contributed by atoms with E-state index in [-0.39, 0.29) is 23.2 Å². The van der Waals surface area contributed by atoms with Crippen molar-refractivity contribution < 1.29 is 17.6 Å². The maximum Gasteiger partial charge on any atom is 0.240 e. The van der Waals surface area contributed by atoms with E-state index in [0.717, 1.165) is 5.56 Å². The molecule has 0 radical (unpaired) electrons. The molecule has 1 aliphatic heterocycles. The van der Waals surface area contributed by atoms with Gasteiger partial charge < -0.3 is 5.32 Å². The van der Waals surface area contributed by atoms with E-state index in [1.54, 1.807) is 12.1 Å². The number of carbonyl (C=O) groups excluding carboxylic acids is 1. The van der Waals surface area contributed by atoms with E-state index in [1.165, 1.54) is 30.3 Å². The van der Waals surface area contributed by atoms with E-state index in [2.05, 4.69) is 10.0 Å². The molecular formula is C16H15FN2O3S. The SMILES string of the molecule is O=C1CCc2cc(S(=O)(=O)NCc3ccc(F)cc3)ccc2N1. The number of carbonyl (C=O) groups is 1. The lowest BCUT2D eigenvalue weighted by atomic mass is 10.0. The summed E-state index contributed by atoms with van der Waals surface area (Å²) in [5.74, 6) is -0.434. The number of sulfonamides is 1. The van der Waals surface area contributed by atoms with Crippen molar-refractivity contribution in [1.29, 1.82) is 0 Å². The number of amides is 1. The minimum Gasteiger partial charge on any atom is -0.326 e. The fourth-order valence-electron chi connectivity index (χ4n) is 2.39. The van der Waals surface area contributed by atoms with Crippen LogP contribution in [0.25, 0.3) is 0 Å². The van der Waals surface area contributed by atoms with Crippen LogP contribution in [0.4, 0.5) is 10.1 Å². The Kier molecular flexibility index (Phi) is 4.14. The Bertz CT molecular complexity index is 848. The van der Waals surface area contributed by atoms with Crippen LogP contribution in [0.3, 0.4) is 0 Å². The number of rotatable bonds is 4. The van der Waals surface area contributed by atoms with Crippen molar-refractivity contribution in [2.45, 2.75) is 24.3 Å². The Morgan fingerprint density at radius 1 is 1.09 bits per heavy atom. The van der Waals surface area contributed by atoms with Gasteiger partial charge in [-0.3, -0.25) is 4.79 Å². The summed E-state index contributed by atoms with van der Waals surface area (Å²) in [5.41, 5.74) is 2.12. The van der Waals surface area contributed by atoms with E-state index in [9.17, 15) is 17.6 Å². The van der Waals surface area contributed by atoms with Gasteiger partial charge in [-0.25, -0.2) is 17.5 Å². The van der Waals surface area contributed by atoms with E-state index in [0.29, 0.717) is 24.1 Å². The molecule has 0 spiro atoms. The first kappa shape index (κ1) is 15.6. The van der Waals surface area contributed by atoms with Gasteiger partial charge in [-0.15, -0.1) is 0 Å². The Morgan fingerprint density at radius 2 is 1.83 bits per heavy atom. The standard InChI is InChI=1S/C16H15FN2O3S/c17-13-4-1-11(2-5-13)10-18-23(21,22)14-6-7-15-12(9-14)3-8-16(20)19-15/h1-2,4-7,9,18H,3,8,10H2,(H,19,20). The quantitative estimate of drug-likeness (QED) is 0.900. The highest BCUT2D eigenvalue weighted by molar-refractivity contribution is 7.89. The van der Waals surface area contributed by atoms with Gasteiger partial charge in [0.25, 0.3) is 0 Å². The Balaban J connectivity index is 1.77. The molecule has 0 saturated carbocycles. The molecule has 23 heavy (non-hydrogen) atoms. The molecule has 0 fully saturated rings. The largest absolute Gasteiger partial charge is 0.326 e. The number of benzene rings is 2. The predicted octanol–water partition coefficient (Wildman–Crippen LogP) is 2.19. The molecule has 1 heterocycles. The van der Waals surface area contributed by atoms with Crippen molar-refractivity contribution >= 4 is 21.6 Å². The fourth-order valence-corrected chi connectivity index (χ4v) is 3.46. The summed E-state index contributed by atoms with van der Waals surface area (Å²) >= 11 is 0. The first-order valence-corrected chi connectivity index (χ1v) is 8.59. The second-order valence-corrected chi connectivity index (χ2v) is 7.09. The van der Waals surface area contributed by atoms with Crippen LogP contribution in [0.1, 0.15) is 17.5 Å². The van der Waals surface area contributed by atoms with Crippen molar-refractivity contribution in [3.05, 3.63) is 59.4 Å². The Labute approximate surface area is 133 Å². The average Bonchev–Trinajstić information content (AvgIpc) is 2.54. The number of hydrogen-bond donors (Lipinski definition) is 2. The maximum atomic E-state index is 12.8. The van der Waals surface area contributed by atoms with Gasteiger partial charge in [0.05, 0.1) is 4.90 Å². The highest BCUT2D eigenvalue weighted by Crippen LogP contribution is 2.25. The monoisotopic (exact) mass is 334 g/mol. The van der Waals surface area contributed by atoms with Crippen molar-refractivity contribution in [2.24, 2.45) is 0 Å². The van der Waals surface area contributed by atoms with Gasteiger partial charge in [-0.1, -0.05) is 12.1 Å². The number of nitrogens with one attached hydrogen (secondary N) is 2. The molecule has 0 unspecified atom stereocenters. The highest BCUT2D eigenvalue weighted by atomic mass is 32.2. The molecule has 0 aliphatic carbocycles. The molecule has 2 N–H and O–H groups in total. The van der Waals surface area contributed by atoms with Gasteiger partial charge in [0, 0.05) is 18.7 Å². The molecular weight excluding hydrogens is 319 g/mol. The topological polar surface area (TPSA) is 75.3 Å². The van der Waals surface area contributed by atoms with Crippen LogP contribution in [0.2, 0.25) is 0 Å². The smallest absolute Gasteiger partial charge is 0.240 e. The third-order valence-electron chi connectivity index (χ3n) is 3.66. The molecule has 0 bridgehead atoms. The second kappa shape index (κ2) is 6.10. The lowest BCUT2D eigenvalue weighted by molar-refractivity contribution is -0.116. The lowest BCUT2D eigenvalue weighted by Gasteiger charge is -2.17. The third-order valence-corrected chi connectivity index (χ3v) is 5.06. The first-order chi connectivity index (χ1) is 10.9. The minimum absolute atomic E-state index is 0.0671. The van der Waals surface area contributed by atoms with E-state index >= 15 is 0 Å². The van der Waals surface area contributed by atoms with Gasteiger partial charge in [0.2, 0.25) is 15.9 Å². The fraction of sp³-hybridized carbons (Fsp3) is 0.188. The van der Waals surface area contributed by atoms with E-state index in [1.807, 2.05) is 0 Å². The molecule has 0 saturated heterocycles. The van der Waals surface area contributed by atoms with Crippen molar-refractivity contribution in [1.82, 2.24) is 4.72 Å². The van der Waals surface area contributed by atoms with Crippen LogP contribution in [0.15, 0.2) is 47.4 Å². The van der Waals surface area contributed by atoms with Crippen molar-refractivity contribution in [3.63, 3.8) is 0 Å². The highest BCUT2D eigenvalue weighted by Gasteiger charge is 2.19. The van der Waals surface area contributed by atoms with Crippen LogP contribution >= 0.6 is 0 Å². The molecule has 1 aliphatic rings. The summed E-state index contributed by atoms with van der Waals surface area (Å²) in [5, 5.41) is 2.71. The zero-order valence-corrected chi connectivity index (χ0v) is 13.0. The molecule has 2 aromatic carbocycles. The van der Waals surface area contributed by atoms with Gasteiger partial charge in [0.1, 0.15) is 5.82 Å². The first-order valence-electron chi connectivity index (χ1n) is 7.11. The molecule has 1 amide bonds. The van der Waals surface area contributed by atoms with Gasteiger partial charge in [-0.05, 0) is 47.9 Å². The molecule has 2 aromatic rings. The summed E-state index contributed by atoms with van der Waals surface area (Å²) in [6, 6.07) is 10.2. The Morgan fingerprint density at radius 3 is 2.57 bits per heavy atom. The summed E-state index contributed by atoms with van der Waals surface area (Å²) < 4.78 is 40.0. The van der Waals surface area contributed by atoms with Crippen molar-refractivity contribution in [2.75, 3.05) is 5.32 Å². The zero-order chi connectivity index (χ0) is 16.4. The Hall–Kier alpha value is -2.25. The summed E-state index contributed by atoms with van der Waals surface area (Å²) in [7, 11) is -3.67. The number of halogens is 1. The maximum absolute atomic E-state index is 12.8.